The molecule has 0 fully saturated rings. The topological polar surface area (TPSA) is 84.5 Å². The second-order valence-electron chi connectivity index (χ2n) is 3.22. The zero-order valence-electron chi connectivity index (χ0n) is 9.34. The first-order valence-corrected chi connectivity index (χ1v) is 6.54. The van der Waals surface area contributed by atoms with Crippen LogP contribution in [0.1, 0.15) is 0 Å². The summed E-state index contributed by atoms with van der Waals surface area (Å²) < 4.78 is 30.4. The van der Waals surface area contributed by atoms with Crippen molar-refractivity contribution < 1.29 is 17.9 Å². The van der Waals surface area contributed by atoms with E-state index in [2.05, 4.69) is 10.0 Å². The van der Waals surface area contributed by atoms with Crippen molar-refractivity contribution in [3.63, 3.8) is 0 Å². The van der Waals surface area contributed by atoms with Crippen molar-refractivity contribution in [1.29, 1.82) is 0 Å². The fraction of sp³-hybridized carbons (Fsp3) is 0.300. The average molecular weight is 258 g/mol. The molecule has 1 aromatic rings. The van der Waals surface area contributed by atoms with Gasteiger partial charge in [-0.2, -0.15) is 0 Å². The van der Waals surface area contributed by atoms with Gasteiger partial charge in [0.05, 0.1) is 12.9 Å². The van der Waals surface area contributed by atoms with Gasteiger partial charge < -0.3 is 10.1 Å². The third kappa shape index (κ3) is 4.73. The molecular weight excluding hydrogens is 244 g/mol. The van der Waals surface area contributed by atoms with E-state index < -0.39 is 10.0 Å². The molecule has 0 heterocycles. The number of carbonyl (C=O) groups excluding carboxylic acids is 1. The van der Waals surface area contributed by atoms with Gasteiger partial charge in [0, 0.05) is 12.2 Å². The maximum absolute atomic E-state index is 11.5. The van der Waals surface area contributed by atoms with Crippen LogP contribution >= 0.6 is 0 Å². The molecule has 0 aromatic heterocycles. The molecule has 0 spiro atoms. The molecule has 1 amide bonds. The Kier molecular flexibility index (Phi) is 4.77. The highest BCUT2D eigenvalue weighted by Gasteiger charge is 2.09. The standard InChI is InChI=1S/C10H14N2O4S/c1-16-10-4-2-9(3-5-10)12-17(14,15)7-6-11-8-13/h2-5,8,12H,6-7H2,1H3,(H,11,13). The number of ether oxygens (including phenoxy) is 1. The molecule has 0 saturated heterocycles. The molecule has 2 N–H and O–H groups in total. The zero-order chi connectivity index (χ0) is 12.7. The molecule has 0 aliphatic carbocycles. The molecule has 1 rings (SSSR count). The van der Waals surface area contributed by atoms with Crippen molar-refractivity contribution in [3.8, 4) is 5.75 Å². The Morgan fingerprint density at radius 2 is 1.94 bits per heavy atom. The van der Waals surface area contributed by atoms with E-state index in [1.54, 1.807) is 24.3 Å². The van der Waals surface area contributed by atoms with Crippen molar-refractivity contribution in [2.45, 2.75) is 0 Å². The highest BCUT2D eigenvalue weighted by atomic mass is 32.2. The highest BCUT2D eigenvalue weighted by Crippen LogP contribution is 2.15. The van der Waals surface area contributed by atoms with E-state index in [0.29, 0.717) is 17.8 Å². The minimum atomic E-state index is -3.44. The van der Waals surface area contributed by atoms with E-state index in [-0.39, 0.29) is 12.3 Å². The summed E-state index contributed by atoms with van der Waals surface area (Å²) >= 11 is 0. The van der Waals surface area contributed by atoms with Crippen molar-refractivity contribution >= 4 is 22.1 Å². The van der Waals surface area contributed by atoms with Gasteiger partial charge in [-0.1, -0.05) is 0 Å². The number of carbonyl (C=O) groups is 1. The van der Waals surface area contributed by atoms with Gasteiger partial charge in [0.2, 0.25) is 16.4 Å². The van der Waals surface area contributed by atoms with Crippen LogP contribution in [-0.4, -0.2) is 34.2 Å². The van der Waals surface area contributed by atoms with Crippen LogP contribution in [0.15, 0.2) is 24.3 Å². The first kappa shape index (κ1) is 13.3. The van der Waals surface area contributed by atoms with Gasteiger partial charge in [-0.15, -0.1) is 0 Å². The summed E-state index contributed by atoms with van der Waals surface area (Å²) in [6, 6.07) is 6.51. The summed E-state index contributed by atoms with van der Waals surface area (Å²) in [6.45, 7) is 0.0784. The average Bonchev–Trinajstić information content (AvgIpc) is 2.30. The summed E-state index contributed by atoms with van der Waals surface area (Å²) in [6.07, 6.45) is 0.461. The quantitative estimate of drug-likeness (QED) is 0.540. The number of amides is 1. The highest BCUT2D eigenvalue weighted by molar-refractivity contribution is 7.92. The molecule has 6 nitrogen and oxygen atoms in total. The predicted octanol–water partition coefficient (Wildman–Crippen LogP) is 0.183. The van der Waals surface area contributed by atoms with Crippen LogP contribution in [0.2, 0.25) is 0 Å². The molecule has 94 valence electrons. The maximum Gasteiger partial charge on any atom is 0.234 e. The number of benzene rings is 1. The monoisotopic (exact) mass is 258 g/mol. The lowest BCUT2D eigenvalue weighted by Gasteiger charge is -2.08. The number of anilines is 1. The predicted molar refractivity (Wildman–Crippen MR) is 64.5 cm³/mol. The largest absolute Gasteiger partial charge is 0.497 e. The lowest BCUT2D eigenvalue weighted by Crippen LogP contribution is -2.25. The van der Waals surface area contributed by atoms with Gasteiger partial charge in [-0.05, 0) is 24.3 Å². The third-order valence-electron chi connectivity index (χ3n) is 1.96. The molecule has 0 saturated carbocycles. The van der Waals surface area contributed by atoms with Crippen molar-refractivity contribution in [3.05, 3.63) is 24.3 Å². The van der Waals surface area contributed by atoms with E-state index in [9.17, 15) is 13.2 Å². The van der Waals surface area contributed by atoms with E-state index in [1.807, 2.05) is 0 Å². The Bertz CT molecular complexity index is 456. The lowest BCUT2D eigenvalue weighted by atomic mass is 10.3. The zero-order valence-corrected chi connectivity index (χ0v) is 10.2. The Morgan fingerprint density at radius 1 is 1.29 bits per heavy atom. The summed E-state index contributed by atoms with van der Waals surface area (Å²) in [5.41, 5.74) is 0.455. The van der Waals surface area contributed by atoms with E-state index >= 15 is 0 Å². The molecule has 0 atom stereocenters. The van der Waals surface area contributed by atoms with Crippen molar-refractivity contribution in [1.82, 2.24) is 5.32 Å². The van der Waals surface area contributed by atoms with Crippen molar-refractivity contribution in [2.24, 2.45) is 0 Å². The van der Waals surface area contributed by atoms with Gasteiger partial charge in [-0.3, -0.25) is 9.52 Å². The normalized spacial score (nSPS) is 10.6. The first-order chi connectivity index (χ1) is 8.07. The molecule has 0 aliphatic rings. The fourth-order valence-electron chi connectivity index (χ4n) is 1.14. The third-order valence-corrected chi connectivity index (χ3v) is 3.25. The van der Waals surface area contributed by atoms with Gasteiger partial charge >= 0.3 is 0 Å². The van der Waals surface area contributed by atoms with Gasteiger partial charge in [0.1, 0.15) is 5.75 Å². The van der Waals surface area contributed by atoms with E-state index in [4.69, 9.17) is 4.74 Å². The SMILES string of the molecule is COc1ccc(NS(=O)(=O)CCNC=O)cc1. The number of hydrogen-bond acceptors (Lipinski definition) is 4. The van der Waals surface area contributed by atoms with Crippen LogP contribution in [0.3, 0.4) is 0 Å². The fourth-order valence-corrected chi connectivity index (χ4v) is 2.13. The smallest absolute Gasteiger partial charge is 0.234 e. The minimum absolute atomic E-state index is 0.0784. The van der Waals surface area contributed by atoms with Crippen LogP contribution in [0, 0.1) is 0 Å². The summed E-state index contributed by atoms with van der Waals surface area (Å²) in [4.78, 5) is 9.98. The number of sulfonamides is 1. The van der Waals surface area contributed by atoms with Gasteiger partial charge in [-0.25, -0.2) is 8.42 Å². The second kappa shape index (κ2) is 6.09. The maximum atomic E-state index is 11.5. The second-order valence-corrected chi connectivity index (χ2v) is 5.06. The molecule has 0 unspecified atom stereocenters. The van der Waals surface area contributed by atoms with Crippen LogP contribution in [0.4, 0.5) is 5.69 Å². The Balaban J connectivity index is 2.59. The van der Waals surface area contributed by atoms with Crippen LogP contribution in [-0.2, 0) is 14.8 Å². The molecule has 7 heteroatoms. The summed E-state index contributed by atoms with van der Waals surface area (Å²) in [7, 11) is -1.91. The first-order valence-electron chi connectivity index (χ1n) is 4.89. The van der Waals surface area contributed by atoms with Crippen LogP contribution in [0.5, 0.6) is 5.75 Å². The number of rotatable bonds is 7. The Labute approximate surface area is 100 Å². The molecule has 0 bridgehead atoms. The number of methoxy groups -OCH3 is 1. The van der Waals surface area contributed by atoms with E-state index in [1.165, 1.54) is 7.11 Å². The van der Waals surface area contributed by atoms with Crippen LogP contribution in [0.25, 0.3) is 0 Å². The van der Waals surface area contributed by atoms with Gasteiger partial charge in [0.15, 0.2) is 0 Å². The molecule has 1 aromatic carbocycles. The van der Waals surface area contributed by atoms with E-state index in [0.717, 1.165) is 0 Å². The lowest BCUT2D eigenvalue weighted by molar-refractivity contribution is -0.109. The number of nitrogens with one attached hydrogen (secondary N) is 2. The van der Waals surface area contributed by atoms with Gasteiger partial charge in [0.25, 0.3) is 0 Å². The Hall–Kier alpha value is -1.76. The summed E-state index contributed by atoms with van der Waals surface area (Å²) in [5.74, 6) is 0.480. The Morgan fingerprint density at radius 3 is 2.47 bits per heavy atom. The molecular formula is C10H14N2O4S. The van der Waals surface area contributed by atoms with Crippen LogP contribution < -0.4 is 14.8 Å². The molecule has 0 radical (unpaired) electrons. The summed E-state index contributed by atoms with van der Waals surface area (Å²) in [5, 5.41) is 2.29. The minimum Gasteiger partial charge on any atom is -0.497 e. The molecule has 17 heavy (non-hydrogen) atoms. The number of hydrogen-bond donors (Lipinski definition) is 2. The molecule has 0 aliphatic heterocycles. The van der Waals surface area contributed by atoms with Crippen molar-refractivity contribution in [2.75, 3.05) is 24.1 Å².